The first-order valence-electron chi connectivity index (χ1n) is 6.55. The Morgan fingerprint density at radius 3 is 2.81 bits per heavy atom. The van der Waals surface area contributed by atoms with Gasteiger partial charge < -0.3 is 14.9 Å². The Kier molecular flexibility index (Phi) is 4.75. The van der Waals surface area contributed by atoms with E-state index in [1.807, 2.05) is 19.1 Å². The number of nitrogens with one attached hydrogen (secondary N) is 1. The monoisotopic (exact) mass is 284 g/mol. The van der Waals surface area contributed by atoms with Crippen molar-refractivity contribution in [2.45, 2.75) is 20.3 Å². The number of carbonyl (C=O) groups is 1. The second kappa shape index (κ2) is 6.73. The molecule has 21 heavy (non-hydrogen) atoms. The summed E-state index contributed by atoms with van der Waals surface area (Å²) in [4.78, 5) is 12.0. The highest BCUT2D eigenvalue weighted by atomic mass is 16.5. The number of aliphatic hydroxyl groups excluding tert-OH is 1. The van der Waals surface area contributed by atoms with E-state index in [-0.39, 0.29) is 18.2 Å². The highest BCUT2D eigenvalue weighted by molar-refractivity contribution is 6.03. The van der Waals surface area contributed by atoms with Gasteiger partial charge in [-0.3, -0.25) is 4.79 Å². The molecule has 0 bridgehead atoms. The third-order valence-electron chi connectivity index (χ3n) is 2.80. The number of amides is 1. The predicted molar refractivity (Wildman–Crippen MR) is 79.0 cm³/mol. The molecule has 0 aliphatic carbocycles. The maximum absolute atomic E-state index is 12.0. The zero-order valence-electron chi connectivity index (χ0n) is 11.9. The third kappa shape index (κ3) is 3.94. The van der Waals surface area contributed by atoms with Crippen LogP contribution < -0.4 is 5.32 Å². The van der Waals surface area contributed by atoms with Gasteiger partial charge in [0.2, 0.25) is 0 Å². The number of hydrogen-bond donors (Lipinski definition) is 2. The number of carbonyl (C=O) groups excluding carboxylic acids is 1. The Bertz CT molecular complexity index is 708. The number of aliphatic hydroxyl groups is 1. The molecular formula is C16H16N2O3. The van der Waals surface area contributed by atoms with E-state index < -0.39 is 0 Å². The smallest absolute Gasteiger partial charge is 0.277 e. The van der Waals surface area contributed by atoms with Crippen molar-refractivity contribution in [2.24, 2.45) is 0 Å². The maximum atomic E-state index is 12.0. The zero-order chi connectivity index (χ0) is 15.2. The summed E-state index contributed by atoms with van der Waals surface area (Å²) in [5.41, 5.74) is 2.70. The molecule has 0 aliphatic rings. The molecule has 5 heteroatoms. The summed E-state index contributed by atoms with van der Waals surface area (Å²) in [6.45, 7) is 3.67. The Balaban J connectivity index is 2.11. The fourth-order valence-corrected chi connectivity index (χ4v) is 1.76. The summed E-state index contributed by atoms with van der Waals surface area (Å²) >= 11 is 0. The molecule has 0 aliphatic heterocycles. The molecule has 5 nitrogen and oxygen atoms in total. The van der Waals surface area contributed by atoms with Gasteiger partial charge in [-0.2, -0.15) is 0 Å². The first-order valence-corrected chi connectivity index (χ1v) is 6.55. The van der Waals surface area contributed by atoms with E-state index in [0.29, 0.717) is 17.9 Å². The molecule has 1 heterocycles. The summed E-state index contributed by atoms with van der Waals surface area (Å²) in [6, 6.07) is 7.08. The van der Waals surface area contributed by atoms with E-state index in [4.69, 9.17) is 9.63 Å². The summed E-state index contributed by atoms with van der Waals surface area (Å²) in [6.07, 6.45) is 0.447. The van der Waals surface area contributed by atoms with Gasteiger partial charge in [-0.05, 0) is 37.6 Å². The van der Waals surface area contributed by atoms with E-state index in [9.17, 15) is 4.79 Å². The van der Waals surface area contributed by atoms with Crippen LogP contribution >= 0.6 is 0 Å². The Morgan fingerprint density at radius 2 is 2.19 bits per heavy atom. The predicted octanol–water partition coefficient (Wildman–Crippen LogP) is 2.28. The molecule has 0 atom stereocenters. The molecule has 0 saturated heterocycles. The number of anilines is 1. The molecule has 2 rings (SSSR count). The number of nitrogens with zero attached hydrogens (tertiary/aromatic N) is 1. The van der Waals surface area contributed by atoms with Gasteiger partial charge in [-0.1, -0.05) is 17.0 Å². The van der Waals surface area contributed by atoms with Gasteiger partial charge in [-0.15, -0.1) is 0 Å². The molecule has 0 spiro atoms. The van der Waals surface area contributed by atoms with Crippen LogP contribution in [0.3, 0.4) is 0 Å². The molecule has 1 aromatic heterocycles. The second-order valence-corrected chi connectivity index (χ2v) is 4.58. The van der Waals surface area contributed by atoms with Crippen LogP contribution in [0, 0.1) is 25.7 Å². The lowest BCUT2D eigenvalue weighted by molar-refractivity contribution is 0.101. The van der Waals surface area contributed by atoms with Crippen molar-refractivity contribution in [3.8, 4) is 11.8 Å². The minimum atomic E-state index is -0.311. The van der Waals surface area contributed by atoms with Crippen molar-refractivity contribution in [3.63, 3.8) is 0 Å². The van der Waals surface area contributed by atoms with Gasteiger partial charge in [0.1, 0.15) is 5.76 Å². The quantitative estimate of drug-likeness (QED) is 0.848. The first kappa shape index (κ1) is 14.8. The van der Waals surface area contributed by atoms with Crippen molar-refractivity contribution in [1.29, 1.82) is 0 Å². The molecule has 2 aromatic rings. The topological polar surface area (TPSA) is 75.4 Å². The second-order valence-electron chi connectivity index (χ2n) is 4.58. The van der Waals surface area contributed by atoms with Gasteiger partial charge in [0, 0.05) is 23.7 Å². The molecule has 0 fully saturated rings. The molecule has 1 aromatic carbocycles. The van der Waals surface area contributed by atoms with E-state index in [2.05, 4.69) is 22.3 Å². The Morgan fingerprint density at radius 1 is 1.38 bits per heavy atom. The normalized spacial score (nSPS) is 9.86. The summed E-state index contributed by atoms with van der Waals surface area (Å²) < 4.78 is 4.88. The molecular weight excluding hydrogens is 268 g/mol. The van der Waals surface area contributed by atoms with E-state index in [1.165, 1.54) is 0 Å². The molecule has 1 amide bonds. The van der Waals surface area contributed by atoms with Crippen LogP contribution in [0.4, 0.5) is 5.69 Å². The largest absolute Gasteiger partial charge is 0.395 e. The van der Waals surface area contributed by atoms with Crippen LogP contribution in [0.25, 0.3) is 0 Å². The van der Waals surface area contributed by atoms with Crippen LogP contribution in [0.5, 0.6) is 0 Å². The van der Waals surface area contributed by atoms with Crippen LogP contribution in [-0.2, 0) is 0 Å². The number of hydrogen-bond acceptors (Lipinski definition) is 4. The molecule has 0 saturated carbocycles. The van der Waals surface area contributed by atoms with Crippen LogP contribution in [0.1, 0.15) is 33.8 Å². The average Bonchev–Trinajstić information content (AvgIpc) is 2.89. The van der Waals surface area contributed by atoms with Gasteiger partial charge in [-0.25, -0.2) is 0 Å². The third-order valence-corrected chi connectivity index (χ3v) is 2.80. The van der Waals surface area contributed by atoms with E-state index in [0.717, 1.165) is 11.1 Å². The number of aryl methyl sites for hydroxylation is 2. The number of benzene rings is 1. The maximum Gasteiger partial charge on any atom is 0.277 e. The van der Waals surface area contributed by atoms with Crippen LogP contribution in [-0.4, -0.2) is 22.8 Å². The van der Waals surface area contributed by atoms with Crippen molar-refractivity contribution in [3.05, 3.63) is 46.8 Å². The summed E-state index contributed by atoms with van der Waals surface area (Å²) in [7, 11) is 0. The van der Waals surface area contributed by atoms with Crippen LogP contribution in [0.15, 0.2) is 28.8 Å². The lowest BCUT2D eigenvalue weighted by Gasteiger charge is -2.07. The standard InChI is InChI=1S/C16H16N2O3/c1-11-9-13(5-3-4-8-19)6-7-14(11)17-16(20)15-10-12(2)21-18-15/h6-7,9-10,19H,4,8H2,1-2H3,(H,17,20). The lowest BCUT2D eigenvalue weighted by atomic mass is 10.1. The van der Waals surface area contributed by atoms with E-state index in [1.54, 1.807) is 19.1 Å². The molecule has 108 valence electrons. The van der Waals surface area contributed by atoms with Crippen molar-refractivity contribution in [2.75, 3.05) is 11.9 Å². The van der Waals surface area contributed by atoms with Crippen LogP contribution in [0.2, 0.25) is 0 Å². The number of aromatic nitrogens is 1. The first-order chi connectivity index (χ1) is 10.1. The number of rotatable bonds is 3. The van der Waals surface area contributed by atoms with Gasteiger partial charge in [0.15, 0.2) is 5.69 Å². The molecule has 0 radical (unpaired) electrons. The molecule has 2 N–H and O–H groups in total. The Hall–Kier alpha value is -2.58. The van der Waals surface area contributed by atoms with Gasteiger partial charge in [0.25, 0.3) is 5.91 Å². The Labute approximate surface area is 123 Å². The van der Waals surface area contributed by atoms with Crippen molar-refractivity contribution >= 4 is 11.6 Å². The van der Waals surface area contributed by atoms with Gasteiger partial charge in [0.05, 0.1) is 6.61 Å². The van der Waals surface area contributed by atoms with Gasteiger partial charge >= 0.3 is 0 Å². The highest BCUT2D eigenvalue weighted by Crippen LogP contribution is 2.17. The highest BCUT2D eigenvalue weighted by Gasteiger charge is 2.12. The fourth-order valence-electron chi connectivity index (χ4n) is 1.76. The molecule has 0 unspecified atom stereocenters. The summed E-state index contributed by atoms with van der Waals surface area (Å²) in [5, 5.41) is 15.1. The fraction of sp³-hybridized carbons (Fsp3) is 0.250. The van der Waals surface area contributed by atoms with E-state index >= 15 is 0 Å². The summed E-state index contributed by atoms with van der Waals surface area (Å²) in [5.74, 6) is 6.09. The SMILES string of the molecule is Cc1cc(C(=O)Nc2ccc(C#CCCO)cc2C)no1. The minimum absolute atomic E-state index is 0.0528. The minimum Gasteiger partial charge on any atom is -0.395 e. The lowest BCUT2D eigenvalue weighted by Crippen LogP contribution is -2.13. The van der Waals surface area contributed by atoms with Crippen molar-refractivity contribution in [1.82, 2.24) is 5.16 Å². The van der Waals surface area contributed by atoms with Crippen molar-refractivity contribution < 1.29 is 14.4 Å². The zero-order valence-corrected chi connectivity index (χ0v) is 11.9. The average molecular weight is 284 g/mol.